The minimum Gasteiger partial charge on any atom is -0.308 e. The summed E-state index contributed by atoms with van der Waals surface area (Å²) in [5.74, 6) is -0.420. The molecule has 2 aromatic rings. The van der Waals surface area contributed by atoms with Crippen molar-refractivity contribution < 1.29 is 14.4 Å². The molecule has 0 saturated heterocycles. The van der Waals surface area contributed by atoms with Crippen LogP contribution in [0.25, 0.3) is 0 Å². The smallest absolute Gasteiger partial charge is 0.308 e. The molecular formula is C18H17ClN4O3. The highest BCUT2D eigenvalue weighted by atomic mass is 35.5. The van der Waals surface area contributed by atoms with Gasteiger partial charge in [-0.25, -0.2) is 9.78 Å². The number of carbonyl (C=O) groups excluding carboxylic acids is 3. The number of imide groups is 1. The van der Waals surface area contributed by atoms with Gasteiger partial charge in [-0.3, -0.25) is 19.8 Å². The molecule has 0 spiro atoms. The van der Waals surface area contributed by atoms with E-state index in [9.17, 15) is 14.4 Å². The van der Waals surface area contributed by atoms with E-state index >= 15 is 0 Å². The molecule has 1 aromatic heterocycles. The number of nitrogens with zero attached hydrogens (tertiary/aromatic N) is 2. The highest BCUT2D eigenvalue weighted by Crippen LogP contribution is 2.31. The SMILES string of the molecule is CC(C)(C)N1C(=O)c2ccc(NC(=O)Nc3cc(Cl)ccn3)cc2C1=O. The molecule has 0 saturated carbocycles. The van der Waals surface area contributed by atoms with E-state index in [1.807, 2.05) is 0 Å². The zero-order valence-corrected chi connectivity index (χ0v) is 15.2. The number of anilines is 2. The second kappa shape index (κ2) is 6.42. The van der Waals surface area contributed by atoms with Crippen molar-refractivity contribution in [3.05, 3.63) is 52.7 Å². The Labute approximate surface area is 155 Å². The van der Waals surface area contributed by atoms with Crippen molar-refractivity contribution in [1.29, 1.82) is 0 Å². The maximum absolute atomic E-state index is 12.6. The average molecular weight is 373 g/mol. The number of amides is 4. The number of carbonyl (C=O) groups is 3. The molecule has 1 aromatic carbocycles. The summed E-state index contributed by atoms with van der Waals surface area (Å²) < 4.78 is 0. The van der Waals surface area contributed by atoms with Gasteiger partial charge in [0.05, 0.1) is 11.1 Å². The van der Waals surface area contributed by atoms with Crippen LogP contribution in [-0.4, -0.2) is 33.3 Å². The lowest BCUT2D eigenvalue weighted by molar-refractivity contribution is 0.0507. The van der Waals surface area contributed by atoms with Gasteiger partial charge in [-0.15, -0.1) is 0 Å². The second-order valence-corrected chi connectivity index (χ2v) is 7.25. The van der Waals surface area contributed by atoms with Crippen LogP contribution < -0.4 is 10.6 Å². The Morgan fingerprint density at radius 2 is 1.73 bits per heavy atom. The second-order valence-electron chi connectivity index (χ2n) is 6.82. The lowest BCUT2D eigenvalue weighted by atomic mass is 10.1. The van der Waals surface area contributed by atoms with E-state index in [1.165, 1.54) is 29.3 Å². The van der Waals surface area contributed by atoms with Crippen molar-refractivity contribution in [3.63, 3.8) is 0 Å². The standard InChI is InChI=1S/C18H17ClN4O3/c1-18(2,3)23-15(24)12-5-4-11(9-13(12)16(23)25)21-17(26)22-14-8-10(19)6-7-20-14/h4-9H,1-3H3,(H2,20,21,22,26). The zero-order chi connectivity index (χ0) is 19.1. The largest absolute Gasteiger partial charge is 0.324 e. The first-order valence-corrected chi connectivity index (χ1v) is 8.27. The van der Waals surface area contributed by atoms with E-state index in [0.717, 1.165) is 0 Å². The summed E-state index contributed by atoms with van der Waals surface area (Å²) in [5, 5.41) is 5.60. The predicted molar refractivity (Wildman–Crippen MR) is 98.6 cm³/mol. The Morgan fingerprint density at radius 1 is 1.04 bits per heavy atom. The number of aromatic nitrogens is 1. The maximum Gasteiger partial charge on any atom is 0.324 e. The molecule has 4 amide bonds. The Hall–Kier alpha value is -2.93. The first kappa shape index (κ1) is 17.9. The Kier molecular flexibility index (Phi) is 4.41. The van der Waals surface area contributed by atoms with Crippen molar-refractivity contribution in [2.45, 2.75) is 26.3 Å². The number of urea groups is 1. The van der Waals surface area contributed by atoms with Crippen LogP contribution in [0.2, 0.25) is 5.02 Å². The topological polar surface area (TPSA) is 91.4 Å². The van der Waals surface area contributed by atoms with Crippen LogP contribution in [0.4, 0.5) is 16.3 Å². The van der Waals surface area contributed by atoms with Gasteiger partial charge in [0, 0.05) is 22.4 Å². The molecule has 3 rings (SSSR count). The Bertz CT molecular complexity index is 921. The van der Waals surface area contributed by atoms with E-state index in [1.54, 1.807) is 32.9 Å². The maximum atomic E-state index is 12.6. The normalized spacial score (nSPS) is 13.6. The fourth-order valence-corrected chi connectivity index (χ4v) is 2.84. The molecular weight excluding hydrogens is 356 g/mol. The third-order valence-electron chi connectivity index (χ3n) is 3.78. The van der Waals surface area contributed by atoms with Crippen molar-refractivity contribution in [1.82, 2.24) is 9.88 Å². The quantitative estimate of drug-likeness (QED) is 0.785. The number of rotatable bonds is 2. The summed E-state index contributed by atoms with van der Waals surface area (Å²) in [4.78, 5) is 42.3. The Morgan fingerprint density at radius 3 is 2.38 bits per heavy atom. The molecule has 0 bridgehead atoms. The number of hydrogen-bond acceptors (Lipinski definition) is 4. The monoisotopic (exact) mass is 372 g/mol. The van der Waals surface area contributed by atoms with E-state index in [0.29, 0.717) is 22.1 Å². The lowest BCUT2D eigenvalue weighted by Gasteiger charge is -2.29. The third kappa shape index (κ3) is 3.39. The van der Waals surface area contributed by atoms with Gasteiger partial charge in [0.15, 0.2) is 0 Å². The third-order valence-corrected chi connectivity index (χ3v) is 4.01. The molecule has 0 unspecified atom stereocenters. The highest BCUT2D eigenvalue weighted by molar-refractivity contribution is 6.30. The molecule has 8 heteroatoms. The van der Waals surface area contributed by atoms with Crippen LogP contribution >= 0.6 is 11.6 Å². The number of hydrogen-bond donors (Lipinski definition) is 2. The first-order chi connectivity index (χ1) is 12.2. The molecule has 2 heterocycles. The molecule has 1 aliphatic heterocycles. The molecule has 0 atom stereocenters. The number of halogens is 1. The fourth-order valence-electron chi connectivity index (χ4n) is 2.68. The van der Waals surface area contributed by atoms with Crippen molar-refractivity contribution in [3.8, 4) is 0 Å². The van der Waals surface area contributed by atoms with Gasteiger partial charge < -0.3 is 5.32 Å². The molecule has 26 heavy (non-hydrogen) atoms. The summed E-state index contributed by atoms with van der Waals surface area (Å²) in [6.07, 6.45) is 1.47. The van der Waals surface area contributed by atoms with E-state index in [-0.39, 0.29) is 17.4 Å². The van der Waals surface area contributed by atoms with Crippen LogP contribution in [0.3, 0.4) is 0 Å². The number of fused-ring (bicyclic) bond motifs is 1. The summed E-state index contributed by atoms with van der Waals surface area (Å²) in [5.41, 5.74) is 0.354. The Balaban J connectivity index is 1.79. The van der Waals surface area contributed by atoms with Gasteiger partial charge in [-0.1, -0.05) is 11.6 Å². The van der Waals surface area contributed by atoms with Crippen LogP contribution in [0.5, 0.6) is 0 Å². The van der Waals surface area contributed by atoms with Gasteiger partial charge in [0.2, 0.25) is 0 Å². The van der Waals surface area contributed by atoms with Crippen molar-refractivity contribution in [2.75, 3.05) is 10.6 Å². The van der Waals surface area contributed by atoms with E-state index < -0.39 is 11.6 Å². The molecule has 134 valence electrons. The van der Waals surface area contributed by atoms with Gasteiger partial charge >= 0.3 is 6.03 Å². The molecule has 2 N–H and O–H groups in total. The van der Waals surface area contributed by atoms with Crippen molar-refractivity contribution >= 4 is 41.0 Å². The first-order valence-electron chi connectivity index (χ1n) is 7.89. The van der Waals surface area contributed by atoms with Crippen LogP contribution in [0.15, 0.2) is 36.5 Å². The lowest BCUT2D eigenvalue weighted by Crippen LogP contribution is -2.45. The van der Waals surface area contributed by atoms with E-state index in [2.05, 4.69) is 15.6 Å². The fraction of sp³-hybridized carbons (Fsp3) is 0.222. The van der Waals surface area contributed by atoms with Crippen LogP contribution in [0.1, 0.15) is 41.5 Å². The van der Waals surface area contributed by atoms with Crippen molar-refractivity contribution in [2.24, 2.45) is 0 Å². The van der Waals surface area contributed by atoms with Gasteiger partial charge in [0.25, 0.3) is 11.8 Å². The summed E-state index contributed by atoms with van der Waals surface area (Å²) in [6, 6.07) is 7.16. The molecule has 0 fully saturated rings. The van der Waals surface area contributed by atoms with Crippen LogP contribution in [-0.2, 0) is 0 Å². The van der Waals surface area contributed by atoms with Gasteiger partial charge in [-0.2, -0.15) is 0 Å². The van der Waals surface area contributed by atoms with Crippen LogP contribution in [0, 0.1) is 0 Å². The highest BCUT2D eigenvalue weighted by Gasteiger charge is 2.41. The number of benzene rings is 1. The van der Waals surface area contributed by atoms with Gasteiger partial charge in [0.1, 0.15) is 5.82 Å². The van der Waals surface area contributed by atoms with Gasteiger partial charge in [-0.05, 0) is 51.1 Å². The predicted octanol–water partition coefficient (Wildman–Crippen LogP) is 3.77. The number of nitrogens with one attached hydrogen (secondary N) is 2. The average Bonchev–Trinajstić information content (AvgIpc) is 2.78. The molecule has 1 aliphatic rings. The summed E-state index contributed by atoms with van der Waals surface area (Å²) >= 11 is 5.85. The zero-order valence-electron chi connectivity index (χ0n) is 14.5. The molecule has 0 aliphatic carbocycles. The minimum atomic E-state index is -0.629. The van der Waals surface area contributed by atoms with E-state index in [4.69, 9.17) is 11.6 Å². The summed E-state index contributed by atoms with van der Waals surface area (Å²) in [7, 11) is 0. The molecule has 7 nitrogen and oxygen atoms in total. The summed E-state index contributed by atoms with van der Waals surface area (Å²) in [6.45, 7) is 5.37. The number of pyridine rings is 1. The molecule has 0 radical (unpaired) electrons. The minimum absolute atomic E-state index is 0.267.